The van der Waals surface area contributed by atoms with Crippen LogP contribution >= 0.6 is 0 Å². The summed E-state index contributed by atoms with van der Waals surface area (Å²) in [6.07, 6.45) is 1.48. The molecular weight excluding hydrogens is 396 g/mol. The number of benzene rings is 3. The highest BCUT2D eigenvalue weighted by Crippen LogP contribution is 2.37. The van der Waals surface area contributed by atoms with E-state index in [1.807, 2.05) is 54.6 Å². The van der Waals surface area contributed by atoms with E-state index in [4.69, 9.17) is 18.9 Å². The molecule has 0 heterocycles. The van der Waals surface area contributed by atoms with Crippen LogP contribution in [0.1, 0.15) is 5.56 Å². The molecule has 0 saturated carbocycles. The highest BCUT2D eigenvalue weighted by atomic mass is 16.5. The van der Waals surface area contributed by atoms with Crippen molar-refractivity contribution in [1.29, 1.82) is 0 Å². The molecule has 0 unspecified atom stereocenters. The first kappa shape index (κ1) is 21.7. The molecule has 31 heavy (non-hydrogen) atoms. The molecule has 0 aliphatic heterocycles. The first-order chi connectivity index (χ1) is 15.1. The van der Waals surface area contributed by atoms with Gasteiger partial charge in [-0.15, -0.1) is 0 Å². The van der Waals surface area contributed by atoms with E-state index in [0.717, 1.165) is 11.1 Å². The molecule has 1 N–H and O–H groups in total. The maximum Gasteiger partial charge on any atom is 0.277 e. The molecule has 7 heteroatoms. The standard InChI is InChI=1S/C24H24N2O5/c1-28-21-13-17(14-22(29-2)24(21)30-3)15-25-26-23(27)16-31-20-11-9-19(10-12-20)18-7-5-4-6-8-18/h4-15H,16H2,1-3H3,(H,26,27)/b25-15+. The number of hydrazone groups is 1. The molecule has 3 rings (SSSR count). The van der Waals surface area contributed by atoms with Crippen molar-refractivity contribution in [2.45, 2.75) is 0 Å². The lowest BCUT2D eigenvalue weighted by Gasteiger charge is -2.12. The van der Waals surface area contributed by atoms with Crippen molar-refractivity contribution in [3.05, 3.63) is 72.3 Å². The number of hydrogen-bond acceptors (Lipinski definition) is 6. The SMILES string of the molecule is COc1cc(/C=N/NC(=O)COc2ccc(-c3ccccc3)cc2)cc(OC)c1OC. The Bertz CT molecular complexity index is 1010. The molecule has 7 nitrogen and oxygen atoms in total. The van der Waals surface area contributed by atoms with Gasteiger partial charge in [0.15, 0.2) is 18.1 Å². The third-order valence-electron chi connectivity index (χ3n) is 4.42. The van der Waals surface area contributed by atoms with Crippen LogP contribution in [0.3, 0.4) is 0 Å². The molecular formula is C24H24N2O5. The van der Waals surface area contributed by atoms with E-state index in [2.05, 4.69) is 10.5 Å². The van der Waals surface area contributed by atoms with E-state index in [9.17, 15) is 4.79 Å². The van der Waals surface area contributed by atoms with Crippen LogP contribution in [0.4, 0.5) is 0 Å². The number of methoxy groups -OCH3 is 3. The first-order valence-electron chi connectivity index (χ1n) is 9.54. The number of ether oxygens (including phenoxy) is 4. The summed E-state index contributed by atoms with van der Waals surface area (Å²) in [5, 5.41) is 3.96. The molecule has 0 fully saturated rings. The normalized spacial score (nSPS) is 10.5. The molecule has 0 aliphatic rings. The molecule has 160 valence electrons. The lowest BCUT2D eigenvalue weighted by molar-refractivity contribution is -0.123. The Morgan fingerprint density at radius 1 is 0.871 bits per heavy atom. The van der Waals surface area contributed by atoms with Crippen LogP contribution in [0.5, 0.6) is 23.0 Å². The van der Waals surface area contributed by atoms with E-state index in [0.29, 0.717) is 28.6 Å². The van der Waals surface area contributed by atoms with E-state index < -0.39 is 0 Å². The first-order valence-corrected chi connectivity index (χ1v) is 9.54. The zero-order valence-electron chi connectivity index (χ0n) is 17.6. The lowest BCUT2D eigenvalue weighted by Crippen LogP contribution is -2.24. The van der Waals surface area contributed by atoms with Crippen molar-refractivity contribution in [1.82, 2.24) is 5.43 Å². The Morgan fingerprint density at radius 2 is 1.48 bits per heavy atom. The predicted octanol–water partition coefficient (Wildman–Crippen LogP) is 3.91. The Morgan fingerprint density at radius 3 is 2.06 bits per heavy atom. The quantitative estimate of drug-likeness (QED) is 0.420. The summed E-state index contributed by atoms with van der Waals surface area (Å²) in [7, 11) is 4.59. The maximum absolute atomic E-state index is 12.0. The summed E-state index contributed by atoms with van der Waals surface area (Å²) in [5.74, 6) is 1.70. The van der Waals surface area contributed by atoms with Crippen LogP contribution in [0.15, 0.2) is 71.8 Å². The van der Waals surface area contributed by atoms with Gasteiger partial charge in [0.1, 0.15) is 5.75 Å². The largest absolute Gasteiger partial charge is 0.493 e. The molecule has 0 atom stereocenters. The monoisotopic (exact) mass is 420 g/mol. The Hall–Kier alpha value is -4.00. The molecule has 0 aliphatic carbocycles. The van der Waals surface area contributed by atoms with E-state index in [-0.39, 0.29) is 12.5 Å². The fraction of sp³-hybridized carbons (Fsp3) is 0.167. The number of hydrogen-bond donors (Lipinski definition) is 1. The lowest BCUT2D eigenvalue weighted by atomic mass is 10.1. The van der Waals surface area contributed by atoms with Gasteiger partial charge in [-0.05, 0) is 35.4 Å². The van der Waals surface area contributed by atoms with Gasteiger partial charge in [0, 0.05) is 5.56 Å². The third-order valence-corrected chi connectivity index (χ3v) is 4.42. The van der Waals surface area contributed by atoms with Crippen LogP contribution in [0, 0.1) is 0 Å². The number of nitrogens with one attached hydrogen (secondary N) is 1. The van der Waals surface area contributed by atoms with E-state index in [1.54, 1.807) is 12.1 Å². The summed E-state index contributed by atoms with van der Waals surface area (Å²) in [5.41, 5.74) is 5.30. The van der Waals surface area contributed by atoms with Gasteiger partial charge < -0.3 is 18.9 Å². The second-order valence-corrected chi connectivity index (χ2v) is 6.43. The molecule has 0 radical (unpaired) electrons. The molecule has 0 bridgehead atoms. The number of carbonyl (C=O) groups excluding carboxylic acids is 1. The number of rotatable bonds is 9. The molecule has 0 aromatic heterocycles. The number of carbonyl (C=O) groups is 1. The van der Waals surface area contributed by atoms with E-state index >= 15 is 0 Å². The van der Waals surface area contributed by atoms with Gasteiger partial charge in [0.2, 0.25) is 5.75 Å². The van der Waals surface area contributed by atoms with Crippen molar-refractivity contribution in [2.75, 3.05) is 27.9 Å². The smallest absolute Gasteiger partial charge is 0.277 e. The van der Waals surface area contributed by atoms with Crippen LogP contribution < -0.4 is 24.4 Å². The summed E-state index contributed by atoms with van der Waals surface area (Å²) in [6, 6.07) is 21.0. The topological polar surface area (TPSA) is 78.4 Å². The highest BCUT2D eigenvalue weighted by molar-refractivity contribution is 5.84. The van der Waals surface area contributed by atoms with Crippen LogP contribution in [-0.4, -0.2) is 40.1 Å². The minimum Gasteiger partial charge on any atom is -0.493 e. The maximum atomic E-state index is 12.0. The van der Waals surface area contributed by atoms with Crippen LogP contribution in [-0.2, 0) is 4.79 Å². The van der Waals surface area contributed by atoms with Gasteiger partial charge in [-0.2, -0.15) is 5.10 Å². The second-order valence-electron chi connectivity index (χ2n) is 6.43. The minimum absolute atomic E-state index is 0.155. The van der Waals surface area contributed by atoms with Crippen molar-refractivity contribution in [3.8, 4) is 34.1 Å². The average molecular weight is 420 g/mol. The predicted molar refractivity (Wildman–Crippen MR) is 119 cm³/mol. The van der Waals surface area contributed by atoms with Crippen LogP contribution in [0.2, 0.25) is 0 Å². The molecule has 0 saturated heterocycles. The fourth-order valence-electron chi connectivity index (χ4n) is 2.91. The van der Waals surface area contributed by atoms with Gasteiger partial charge in [-0.1, -0.05) is 42.5 Å². The van der Waals surface area contributed by atoms with Crippen molar-refractivity contribution in [3.63, 3.8) is 0 Å². The summed E-state index contributed by atoms with van der Waals surface area (Å²) in [4.78, 5) is 12.0. The Kier molecular flexibility index (Phi) is 7.48. The van der Waals surface area contributed by atoms with Gasteiger partial charge >= 0.3 is 0 Å². The molecule has 1 amide bonds. The average Bonchev–Trinajstić information content (AvgIpc) is 2.83. The third kappa shape index (κ3) is 5.76. The van der Waals surface area contributed by atoms with Crippen LogP contribution in [0.25, 0.3) is 11.1 Å². The van der Waals surface area contributed by atoms with Crippen molar-refractivity contribution >= 4 is 12.1 Å². The van der Waals surface area contributed by atoms with Gasteiger partial charge in [-0.25, -0.2) is 5.43 Å². The summed E-state index contributed by atoms with van der Waals surface area (Å²) < 4.78 is 21.4. The number of amides is 1. The Balaban J connectivity index is 1.54. The Labute approximate surface area is 181 Å². The highest BCUT2D eigenvalue weighted by Gasteiger charge is 2.12. The zero-order valence-corrected chi connectivity index (χ0v) is 17.6. The van der Waals surface area contributed by atoms with Gasteiger partial charge in [0.05, 0.1) is 27.5 Å². The fourth-order valence-corrected chi connectivity index (χ4v) is 2.91. The minimum atomic E-state index is -0.379. The molecule has 0 spiro atoms. The zero-order chi connectivity index (χ0) is 22.1. The van der Waals surface area contributed by atoms with Crippen molar-refractivity contribution < 1.29 is 23.7 Å². The van der Waals surface area contributed by atoms with E-state index in [1.165, 1.54) is 27.5 Å². The van der Waals surface area contributed by atoms with Gasteiger partial charge in [-0.3, -0.25) is 4.79 Å². The molecule has 3 aromatic carbocycles. The number of nitrogens with zero attached hydrogens (tertiary/aromatic N) is 1. The summed E-state index contributed by atoms with van der Waals surface area (Å²) in [6.45, 7) is -0.155. The second kappa shape index (κ2) is 10.7. The van der Waals surface area contributed by atoms with Gasteiger partial charge in [0.25, 0.3) is 5.91 Å². The summed E-state index contributed by atoms with van der Waals surface area (Å²) >= 11 is 0. The van der Waals surface area contributed by atoms with Crippen molar-refractivity contribution in [2.24, 2.45) is 5.10 Å². The molecule has 3 aromatic rings.